The van der Waals surface area contributed by atoms with Crippen molar-refractivity contribution in [3.63, 3.8) is 0 Å². The smallest absolute Gasteiger partial charge is 0.306 e. The number of carbonyl (C=O) groups excluding carboxylic acids is 1. The normalized spacial score (nSPS) is 41.7. The third-order valence-electron chi connectivity index (χ3n) is 11.5. The van der Waals surface area contributed by atoms with Gasteiger partial charge in [-0.1, -0.05) is 20.8 Å². The van der Waals surface area contributed by atoms with Gasteiger partial charge in [-0.15, -0.1) is 0 Å². The van der Waals surface area contributed by atoms with Crippen LogP contribution in [0.2, 0.25) is 0 Å². The summed E-state index contributed by atoms with van der Waals surface area (Å²) in [6.07, 6.45) is 15.3. The number of nitrogens with two attached hydrogens (primary N) is 1. The van der Waals surface area contributed by atoms with Gasteiger partial charge < -0.3 is 10.1 Å². The number of hydrazine groups is 1. The van der Waals surface area contributed by atoms with Crippen LogP contribution in [-0.4, -0.2) is 31.2 Å². The zero-order valence-electron chi connectivity index (χ0n) is 23.4. The van der Waals surface area contributed by atoms with E-state index in [1.807, 2.05) is 13.8 Å². The molecule has 4 N–H and O–H groups in total. The number of hydrogen-bond donors (Lipinski definition) is 3. The lowest BCUT2D eigenvalue weighted by Crippen LogP contribution is -2.55. The minimum absolute atomic E-state index is 0.00253. The second-order valence-corrected chi connectivity index (χ2v) is 13.7. The van der Waals surface area contributed by atoms with Crippen molar-refractivity contribution in [3.8, 4) is 0 Å². The quantitative estimate of drug-likeness (QED) is 0.156. The lowest BCUT2D eigenvalue weighted by atomic mass is 9.44. The topological polar surface area (TPSA) is 76.4 Å². The molecule has 9 unspecified atom stereocenters. The van der Waals surface area contributed by atoms with E-state index >= 15 is 0 Å². The van der Waals surface area contributed by atoms with Gasteiger partial charge in [0.25, 0.3) is 0 Å². The lowest BCUT2D eigenvalue weighted by Gasteiger charge is -2.61. The summed E-state index contributed by atoms with van der Waals surface area (Å²) < 4.78 is 5.42. The Hall–Kier alpha value is -0.650. The highest BCUT2D eigenvalue weighted by molar-refractivity contribution is 5.69. The summed E-state index contributed by atoms with van der Waals surface area (Å²) in [4.78, 5) is 12.2. The predicted molar refractivity (Wildman–Crippen MR) is 143 cm³/mol. The molecule has 0 aromatic carbocycles. The number of nitrogens with one attached hydrogen (secondary N) is 2. The molecule has 5 heteroatoms. The number of esters is 1. The van der Waals surface area contributed by atoms with Crippen molar-refractivity contribution in [2.45, 2.75) is 124 Å². The van der Waals surface area contributed by atoms with E-state index in [0.29, 0.717) is 29.2 Å². The molecule has 0 aliphatic heterocycles. The molecular formula is C30H55N3O2. The molecule has 4 aliphatic carbocycles. The number of fused-ring (bicyclic) bond motifs is 5. The van der Waals surface area contributed by atoms with Crippen molar-refractivity contribution in [2.24, 2.45) is 52.2 Å². The third kappa shape index (κ3) is 5.62. The molecule has 0 aromatic heterocycles. The van der Waals surface area contributed by atoms with E-state index in [-0.39, 0.29) is 12.1 Å². The van der Waals surface area contributed by atoms with Crippen molar-refractivity contribution in [1.82, 2.24) is 10.7 Å². The fourth-order valence-electron chi connectivity index (χ4n) is 9.78. The molecule has 5 nitrogen and oxygen atoms in total. The maximum atomic E-state index is 12.2. The maximum Gasteiger partial charge on any atom is 0.306 e. The molecule has 0 amide bonds. The van der Waals surface area contributed by atoms with Gasteiger partial charge in [-0.3, -0.25) is 16.1 Å². The first-order chi connectivity index (χ1) is 16.7. The van der Waals surface area contributed by atoms with E-state index in [9.17, 15) is 4.79 Å². The van der Waals surface area contributed by atoms with Gasteiger partial charge in [-0.2, -0.15) is 0 Å². The largest absolute Gasteiger partial charge is 0.463 e. The van der Waals surface area contributed by atoms with Gasteiger partial charge in [0.1, 0.15) is 0 Å². The van der Waals surface area contributed by atoms with Crippen LogP contribution in [0, 0.1) is 46.3 Å². The molecule has 35 heavy (non-hydrogen) atoms. The van der Waals surface area contributed by atoms with E-state index in [0.717, 1.165) is 55.5 Å². The van der Waals surface area contributed by atoms with Crippen molar-refractivity contribution < 1.29 is 9.53 Å². The van der Waals surface area contributed by atoms with E-state index in [1.54, 1.807) is 0 Å². The average Bonchev–Trinajstić information content (AvgIpc) is 3.17. The first kappa shape index (κ1) is 27.4. The summed E-state index contributed by atoms with van der Waals surface area (Å²) in [6, 6.07) is 0.704. The minimum atomic E-state index is -0.0114. The van der Waals surface area contributed by atoms with Gasteiger partial charge in [-0.25, -0.2) is 0 Å². The van der Waals surface area contributed by atoms with Gasteiger partial charge in [-0.05, 0) is 137 Å². The van der Waals surface area contributed by atoms with Crippen molar-refractivity contribution >= 4 is 5.97 Å². The molecule has 202 valence electrons. The molecule has 4 fully saturated rings. The lowest BCUT2D eigenvalue weighted by molar-refractivity contribution is -0.148. The highest BCUT2D eigenvalue weighted by Gasteiger charge is 2.60. The van der Waals surface area contributed by atoms with E-state index in [2.05, 4.69) is 31.5 Å². The van der Waals surface area contributed by atoms with Gasteiger partial charge >= 0.3 is 5.97 Å². The molecule has 0 radical (unpaired) electrons. The molecule has 0 aromatic rings. The van der Waals surface area contributed by atoms with Crippen LogP contribution in [0.25, 0.3) is 0 Å². The average molecular weight is 490 g/mol. The molecule has 0 saturated heterocycles. The standard InChI is InChI=1S/C30H55N3O2/c1-20(2)35-28(34)12-7-21(3)25-10-11-26-24-9-8-22-19-23(32-17-6-18-33-31)13-15-29(22,4)27(24)14-16-30(25,26)5/h20-27,32-33H,6-19,31H2,1-5H3. The summed E-state index contributed by atoms with van der Waals surface area (Å²) in [5.41, 5.74) is 3.80. The Morgan fingerprint density at radius 3 is 2.46 bits per heavy atom. The Morgan fingerprint density at radius 2 is 1.71 bits per heavy atom. The molecule has 4 aliphatic rings. The van der Waals surface area contributed by atoms with Crippen molar-refractivity contribution in [1.29, 1.82) is 0 Å². The number of hydrogen-bond acceptors (Lipinski definition) is 5. The molecule has 4 rings (SSSR count). The van der Waals surface area contributed by atoms with Crippen LogP contribution in [-0.2, 0) is 9.53 Å². The second kappa shape index (κ2) is 11.4. The Kier molecular flexibility index (Phi) is 8.91. The first-order valence-electron chi connectivity index (χ1n) is 15.1. The van der Waals surface area contributed by atoms with Crippen LogP contribution in [0.3, 0.4) is 0 Å². The Balaban J connectivity index is 1.35. The molecule has 0 spiro atoms. The number of rotatable bonds is 10. The highest BCUT2D eigenvalue weighted by Crippen LogP contribution is 2.68. The SMILES string of the molecule is CC(C)OC(=O)CCC(C)C1CCC2C3CCC4CC(NCCCNN)CCC4(C)C3CCC12C. The van der Waals surface area contributed by atoms with Crippen LogP contribution in [0.1, 0.15) is 112 Å². The van der Waals surface area contributed by atoms with Gasteiger partial charge in [0.2, 0.25) is 0 Å². The third-order valence-corrected chi connectivity index (χ3v) is 11.5. The van der Waals surface area contributed by atoms with Gasteiger partial charge in [0.05, 0.1) is 6.10 Å². The highest BCUT2D eigenvalue weighted by atomic mass is 16.5. The minimum Gasteiger partial charge on any atom is -0.463 e. The van der Waals surface area contributed by atoms with Crippen LogP contribution in [0.5, 0.6) is 0 Å². The maximum absolute atomic E-state index is 12.2. The van der Waals surface area contributed by atoms with E-state index in [4.69, 9.17) is 10.6 Å². The van der Waals surface area contributed by atoms with Crippen molar-refractivity contribution in [3.05, 3.63) is 0 Å². The molecule has 0 heterocycles. The summed E-state index contributed by atoms with van der Waals surface area (Å²) in [5.74, 6) is 10.5. The monoisotopic (exact) mass is 489 g/mol. The number of ether oxygens (including phenoxy) is 1. The van der Waals surface area contributed by atoms with Crippen LogP contribution in [0.15, 0.2) is 0 Å². The summed E-state index contributed by atoms with van der Waals surface area (Å²) >= 11 is 0. The zero-order valence-corrected chi connectivity index (χ0v) is 23.4. The summed E-state index contributed by atoms with van der Waals surface area (Å²) in [6.45, 7) is 13.6. The molecule has 9 atom stereocenters. The number of carbonyl (C=O) groups is 1. The Bertz CT molecular complexity index is 714. The molecule has 4 saturated carbocycles. The Morgan fingerprint density at radius 1 is 0.971 bits per heavy atom. The van der Waals surface area contributed by atoms with Gasteiger partial charge in [0, 0.05) is 19.0 Å². The molecular weight excluding hydrogens is 434 g/mol. The van der Waals surface area contributed by atoms with Gasteiger partial charge in [0.15, 0.2) is 0 Å². The fraction of sp³-hybridized carbons (Fsp3) is 0.967. The van der Waals surface area contributed by atoms with E-state index < -0.39 is 0 Å². The van der Waals surface area contributed by atoms with Crippen LogP contribution in [0.4, 0.5) is 0 Å². The first-order valence-corrected chi connectivity index (χ1v) is 15.1. The Labute approximate surface area is 215 Å². The zero-order chi connectivity index (χ0) is 25.2. The summed E-state index contributed by atoms with van der Waals surface area (Å²) in [7, 11) is 0. The van der Waals surface area contributed by atoms with E-state index in [1.165, 1.54) is 57.8 Å². The summed E-state index contributed by atoms with van der Waals surface area (Å²) in [5, 5.41) is 3.84. The molecule has 0 bridgehead atoms. The predicted octanol–water partition coefficient (Wildman–Crippen LogP) is 5.82. The fourth-order valence-corrected chi connectivity index (χ4v) is 9.78. The van der Waals surface area contributed by atoms with Crippen LogP contribution >= 0.6 is 0 Å². The van der Waals surface area contributed by atoms with Crippen LogP contribution < -0.4 is 16.6 Å². The van der Waals surface area contributed by atoms with Crippen molar-refractivity contribution in [2.75, 3.05) is 13.1 Å². The second-order valence-electron chi connectivity index (χ2n) is 13.7.